The Morgan fingerprint density at radius 2 is 1.83 bits per heavy atom. The molecule has 0 spiro atoms. The second-order valence-corrected chi connectivity index (χ2v) is 8.36. The summed E-state index contributed by atoms with van der Waals surface area (Å²) < 4.78 is 0. The molecular weight excluding hydrogens is 404 g/mol. The van der Waals surface area contributed by atoms with Gasteiger partial charge in [0.15, 0.2) is 0 Å². The molecule has 29 heavy (non-hydrogen) atoms. The van der Waals surface area contributed by atoms with Crippen molar-refractivity contribution in [1.29, 1.82) is 0 Å². The third-order valence-electron chi connectivity index (χ3n) is 4.69. The van der Waals surface area contributed by atoms with Crippen LogP contribution in [0.15, 0.2) is 72.8 Å². The molecule has 0 bridgehead atoms. The van der Waals surface area contributed by atoms with Gasteiger partial charge in [-0.2, -0.15) is 0 Å². The third kappa shape index (κ3) is 4.31. The van der Waals surface area contributed by atoms with E-state index < -0.39 is 0 Å². The zero-order valence-corrected chi connectivity index (χ0v) is 17.3. The van der Waals surface area contributed by atoms with E-state index in [2.05, 4.69) is 5.32 Å². The van der Waals surface area contributed by atoms with Crippen LogP contribution in [0.25, 0.3) is 0 Å². The predicted molar refractivity (Wildman–Crippen MR) is 120 cm³/mol. The van der Waals surface area contributed by atoms with Gasteiger partial charge < -0.3 is 5.32 Å². The lowest BCUT2D eigenvalue weighted by atomic mass is 10.1. The summed E-state index contributed by atoms with van der Waals surface area (Å²) in [7, 11) is 0. The quantitative estimate of drug-likeness (QED) is 0.588. The molecule has 4 nitrogen and oxygen atoms in total. The van der Waals surface area contributed by atoms with Crippen molar-refractivity contribution in [1.82, 2.24) is 0 Å². The first-order chi connectivity index (χ1) is 14.0. The second kappa shape index (κ2) is 8.31. The molecule has 1 aliphatic heterocycles. The van der Waals surface area contributed by atoms with Crippen LogP contribution < -0.4 is 10.2 Å². The fourth-order valence-electron chi connectivity index (χ4n) is 3.29. The number of hydrogen-bond acceptors (Lipinski definition) is 3. The second-order valence-electron chi connectivity index (χ2n) is 6.85. The highest BCUT2D eigenvalue weighted by molar-refractivity contribution is 8.00. The van der Waals surface area contributed by atoms with Gasteiger partial charge in [-0.15, -0.1) is 11.8 Å². The number of nitrogens with zero attached hydrogens (tertiary/aromatic N) is 1. The van der Waals surface area contributed by atoms with Crippen molar-refractivity contribution < 1.29 is 9.59 Å². The van der Waals surface area contributed by atoms with Crippen molar-refractivity contribution in [2.45, 2.75) is 12.3 Å². The lowest BCUT2D eigenvalue weighted by Gasteiger charge is -2.25. The molecule has 1 heterocycles. The van der Waals surface area contributed by atoms with E-state index in [-0.39, 0.29) is 17.2 Å². The summed E-state index contributed by atoms with van der Waals surface area (Å²) in [6.45, 7) is 2.02. The number of carbonyl (C=O) groups is 2. The van der Waals surface area contributed by atoms with Gasteiger partial charge in [0.05, 0.1) is 5.75 Å². The molecule has 1 saturated heterocycles. The van der Waals surface area contributed by atoms with Crippen molar-refractivity contribution in [2.24, 2.45) is 0 Å². The topological polar surface area (TPSA) is 49.4 Å². The Morgan fingerprint density at radius 3 is 2.55 bits per heavy atom. The minimum Gasteiger partial charge on any atom is -0.322 e. The Labute approximate surface area is 178 Å². The number of thioether (sulfide) groups is 1. The van der Waals surface area contributed by atoms with Gasteiger partial charge in [-0.1, -0.05) is 41.9 Å². The van der Waals surface area contributed by atoms with Crippen LogP contribution in [0.3, 0.4) is 0 Å². The smallest absolute Gasteiger partial charge is 0.255 e. The van der Waals surface area contributed by atoms with Crippen molar-refractivity contribution >= 4 is 46.6 Å². The maximum absolute atomic E-state index is 12.5. The summed E-state index contributed by atoms with van der Waals surface area (Å²) in [5.74, 6) is 0.335. The molecule has 4 rings (SSSR count). The van der Waals surface area contributed by atoms with Crippen molar-refractivity contribution in [3.8, 4) is 0 Å². The normalized spacial score (nSPS) is 16.1. The van der Waals surface area contributed by atoms with Crippen LogP contribution in [0.2, 0.25) is 5.02 Å². The van der Waals surface area contributed by atoms with E-state index in [0.29, 0.717) is 22.0 Å². The molecule has 0 unspecified atom stereocenters. The Hall–Kier alpha value is -2.76. The van der Waals surface area contributed by atoms with E-state index in [9.17, 15) is 9.59 Å². The first kappa shape index (κ1) is 19.6. The average Bonchev–Trinajstić information content (AvgIpc) is 3.10. The SMILES string of the molecule is Cc1cccc(N2C(=O)CS[C@H]2c2ccc(NC(=O)c3cccc(Cl)c3)cc2)c1. The summed E-state index contributed by atoms with van der Waals surface area (Å²) in [6, 6.07) is 22.4. The number of carbonyl (C=O) groups excluding carboxylic acids is 2. The van der Waals surface area contributed by atoms with Gasteiger partial charge in [0.25, 0.3) is 5.91 Å². The Balaban J connectivity index is 1.52. The van der Waals surface area contributed by atoms with Crippen LogP contribution >= 0.6 is 23.4 Å². The molecule has 3 aromatic carbocycles. The molecule has 1 atom stereocenters. The van der Waals surface area contributed by atoms with E-state index in [0.717, 1.165) is 16.8 Å². The van der Waals surface area contributed by atoms with E-state index in [1.54, 1.807) is 36.0 Å². The number of amides is 2. The van der Waals surface area contributed by atoms with Gasteiger partial charge in [-0.25, -0.2) is 0 Å². The Morgan fingerprint density at radius 1 is 1.07 bits per heavy atom. The van der Waals surface area contributed by atoms with Gasteiger partial charge in [0.2, 0.25) is 5.91 Å². The minimum absolute atomic E-state index is 0.0815. The van der Waals surface area contributed by atoms with Crippen LogP contribution in [0.5, 0.6) is 0 Å². The van der Waals surface area contributed by atoms with Gasteiger partial charge in [0, 0.05) is 22.0 Å². The summed E-state index contributed by atoms with van der Waals surface area (Å²) in [5.41, 5.74) is 4.23. The largest absolute Gasteiger partial charge is 0.322 e. The van der Waals surface area contributed by atoms with E-state index >= 15 is 0 Å². The average molecular weight is 423 g/mol. The van der Waals surface area contributed by atoms with E-state index in [1.165, 1.54) is 0 Å². The molecule has 6 heteroatoms. The van der Waals surface area contributed by atoms with Gasteiger partial charge in [-0.3, -0.25) is 14.5 Å². The van der Waals surface area contributed by atoms with Gasteiger partial charge in [0.1, 0.15) is 5.37 Å². The number of rotatable bonds is 4. The minimum atomic E-state index is -0.216. The number of halogens is 1. The highest BCUT2D eigenvalue weighted by Crippen LogP contribution is 2.42. The van der Waals surface area contributed by atoms with Gasteiger partial charge in [-0.05, 0) is 60.5 Å². The van der Waals surface area contributed by atoms with Gasteiger partial charge >= 0.3 is 0 Å². The van der Waals surface area contributed by atoms with Crippen molar-refractivity contribution in [3.63, 3.8) is 0 Å². The fourth-order valence-corrected chi connectivity index (χ4v) is 4.66. The van der Waals surface area contributed by atoms with E-state index in [1.807, 2.05) is 60.4 Å². The first-order valence-corrected chi connectivity index (χ1v) is 10.6. The fraction of sp³-hybridized carbons (Fsp3) is 0.130. The van der Waals surface area contributed by atoms with Crippen LogP contribution in [0, 0.1) is 6.92 Å². The molecule has 0 saturated carbocycles. The summed E-state index contributed by atoms with van der Waals surface area (Å²) in [4.78, 5) is 26.7. The number of benzene rings is 3. The molecule has 0 aromatic heterocycles. The standard InChI is InChI=1S/C23H19ClN2O2S/c1-15-4-2-7-20(12-15)26-21(27)14-29-23(26)16-8-10-19(11-9-16)25-22(28)17-5-3-6-18(24)13-17/h2-13,23H,14H2,1H3,(H,25,28)/t23-/m0/s1. The van der Waals surface area contributed by atoms with Crippen LogP contribution in [-0.4, -0.2) is 17.6 Å². The molecule has 0 aliphatic carbocycles. The number of nitrogens with one attached hydrogen (secondary N) is 1. The molecule has 1 fully saturated rings. The number of hydrogen-bond donors (Lipinski definition) is 1. The van der Waals surface area contributed by atoms with Crippen LogP contribution in [-0.2, 0) is 4.79 Å². The number of aryl methyl sites for hydroxylation is 1. The molecule has 1 N–H and O–H groups in total. The zero-order valence-electron chi connectivity index (χ0n) is 15.8. The van der Waals surface area contributed by atoms with Crippen molar-refractivity contribution in [2.75, 3.05) is 16.0 Å². The predicted octanol–water partition coefficient (Wildman–Crippen LogP) is 5.68. The van der Waals surface area contributed by atoms with Crippen LogP contribution in [0.1, 0.15) is 26.9 Å². The molecule has 1 aliphatic rings. The first-order valence-electron chi connectivity index (χ1n) is 9.18. The number of anilines is 2. The third-order valence-corrected chi connectivity index (χ3v) is 6.14. The lowest BCUT2D eigenvalue weighted by molar-refractivity contribution is -0.115. The summed E-state index contributed by atoms with van der Waals surface area (Å²) in [6.07, 6.45) is 0. The molecular formula is C23H19ClN2O2S. The zero-order chi connectivity index (χ0) is 20.4. The highest BCUT2D eigenvalue weighted by Gasteiger charge is 2.34. The Bertz CT molecular complexity index is 1070. The maximum Gasteiger partial charge on any atom is 0.255 e. The maximum atomic E-state index is 12.5. The summed E-state index contributed by atoms with van der Waals surface area (Å²) >= 11 is 7.56. The van der Waals surface area contributed by atoms with E-state index in [4.69, 9.17) is 11.6 Å². The molecule has 146 valence electrons. The molecule has 0 radical (unpaired) electrons. The summed E-state index contributed by atoms with van der Waals surface area (Å²) in [5, 5.41) is 3.32. The van der Waals surface area contributed by atoms with Crippen LogP contribution in [0.4, 0.5) is 11.4 Å². The monoisotopic (exact) mass is 422 g/mol. The highest BCUT2D eigenvalue weighted by atomic mass is 35.5. The van der Waals surface area contributed by atoms with Crippen molar-refractivity contribution in [3.05, 3.63) is 94.5 Å². The lowest BCUT2D eigenvalue weighted by Crippen LogP contribution is -2.27. The molecule has 2 amide bonds. The molecule has 3 aromatic rings. The Kier molecular flexibility index (Phi) is 5.60.